The number of aryl methyl sites for hydroxylation is 2. The van der Waals surface area contributed by atoms with E-state index in [0.29, 0.717) is 13.2 Å². The van der Waals surface area contributed by atoms with Crippen LogP contribution in [-0.4, -0.2) is 43.9 Å². The van der Waals surface area contributed by atoms with Gasteiger partial charge in [0.15, 0.2) is 6.29 Å². The number of hydrogen-bond donors (Lipinski definition) is 1. The van der Waals surface area contributed by atoms with Gasteiger partial charge in [-0.3, -0.25) is 0 Å². The molecule has 1 aliphatic rings. The summed E-state index contributed by atoms with van der Waals surface area (Å²) in [5, 5.41) is 10.4. The van der Waals surface area contributed by atoms with Crippen molar-refractivity contribution in [1.82, 2.24) is 0 Å². The summed E-state index contributed by atoms with van der Waals surface area (Å²) >= 11 is 0. The minimum absolute atomic E-state index is 0.0839. The van der Waals surface area contributed by atoms with E-state index in [9.17, 15) is 5.11 Å². The normalized spacial score (nSPS) is 17.5. The summed E-state index contributed by atoms with van der Waals surface area (Å²) < 4.78 is 23.5. The molecule has 2 atom stereocenters. The van der Waals surface area contributed by atoms with Gasteiger partial charge in [-0.25, -0.2) is 0 Å². The van der Waals surface area contributed by atoms with Crippen LogP contribution in [0.3, 0.4) is 0 Å². The van der Waals surface area contributed by atoms with Crippen molar-refractivity contribution < 1.29 is 24.1 Å². The lowest BCUT2D eigenvalue weighted by atomic mass is 9.70. The van der Waals surface area contributed by atoms with Gasteiger partial charge in [-0.1, -0.05) is 58.9 Å². The van der Waals surface area contributed by atoms with E-state index in [1.165, 1.54) is 11.1 Å². The Kier molecular flexibility index (Phi) is 10.5. The quantitative estimate of drug-likeness (QED) is 0.307. The molecule has 0 aromatic heterocycles. The Hall–Kier alpha value is -2.08. The van der Waals surface area contributed by atoms with Crippen molar-refractivity contribution in [2.24, 2.45) is 5.41 Å². The monoisotopic (exact) mass is 512 g/mol. The maximum absolute atomic E-state index is 10.4. The van der Waals surface area contributed by atoms with Gasteiger partial charge in [0.1, 0.15) is 24.7 Å². The highest BCUT2D eigenvalue weighted by atomic mass is 16.7. The molecule has 1 aliphatic heterocycles. The molecule has 0 spiro atoms. The van der Waals surface area contributed by atoms with Crippen molar-refractivity contribution in [2.45, 2.75) is 98.4 Å². The molecule has 5 heteroatoms. The number of hydrogen-bond acceptors (Lipinski definition) is 5. The van der Waals surface area contributed by atoms with Crippen molar-refractivity contribution in [2.75, 3.05) is 26.4 Å². The first-order valence-corrected chi connectivity index (χ1v) is 14.0. The van der Waals surface area contributed by atoms with Gasteiger partial charge in [0.25, 0.3) is 0 Å². The van der Waals surface area contributed by atoms with Crippen LogP contribution in [0.25, 0.3) is 0 Å². The molecule has 206 valence electrons. The largest absolute Gasteiger partial charge is 0.491 e. The van der Waals surface area contributed by atoms with E-state index in [-0.39, 0.29) is 23.7 Å². The Morgan fingerprint density at radius 1 is 0.892 bits per heavy atom. The third-order valence-electron chi connectivity index (χ3n) is 7.84. The van der Waals surface area contributed by atoms with Gasteiger partial charge in [0, 0.05) is 12.0 Å². The average molecular weight is 513 g/mol. The van der Waals surface area contributed by atoms with Crippen molar-refractivity contribution in [3.63, 3.8) is 0 Å². The zero-order chi connectivity index (χ0) is 27.1. The standard InChI is InChI=1S/C32H48O5/c1-8-32(9-2,26-14-16-28(24(4)21-26)37-22-29(33)31(5,6)7)25-13-15-27(23(3)20-25)34-18-19-36-30-12-10-11-17-35-30/h13-16,20-21,29-30,33H,8-12,17-19,22H2,1-7H3. The minimum Gasteiger partial charge on any atom is -0.491 e. The first-order valence-electron chi connectivity index (χ1n) is 14.0. The van der Waals surface area contributed by atoms with Gasteiger partial charge in [0.2, 0.25) is 0 Å². The zero-order valence-corrected chi connectivity index (χ0v) is 24.1. The maximum atomic E-state index is 10.4. The number of aliphatic hydroxyl groups excluding tert-OH is 1. The lowest BCUT2D eigenvalue weighted by Gasteiger charge is -2.34. The van der Waals surface area contributed by atoms with Crippen LogP contribution >= 0.6 is 0 Å². The zero-order valence-electron chi connectivity index (χ0n) is 24.1. The van der Waals surface area contributed by atoms with Gasteiger partial charge < -0.3 is 24.1 Å². The van der Waals surface area contributed by atoms with Crippen LogP contribution in [0.15, 0.2) is 36.4 Å². The average Bonchev–Trinajstić information content (AvgIpc) is 2.88. The lowest BCUT2D eigenvalue weighted by molar-refractivity contribution is -0.165. The van der Waals surface area contributed by atoms with Gasteiger partial charge in [-0.2, -0.15) is 0 Å². The fourth-order valence-corrected chi connectivity index (χ4v) is 5.04. The molecule has 2 unspecified atom stereocenters. The van der Waals surface area contributed by atoms with E-state index in [4.69, 9.17) is 18.9 Å². The minimum atomic E-state index is -0.521. The summed E-state index contributed by atoms with van der Waals surface area (Å²) in [7, 11) is 0. The molecule has 2 aromatic rings. The number of benzene rings is 2. The Bertz CT molecular complexity index is 983. The van der Waals surface area contributed by atoms with Crippen molar-refractivity contribution in [1.29, 1.82) is 0 Å². The van der Waals surface area contributed by atoms with Crippen LogP contribution in [0.5, 0.6) is 11.5 Å². The molecule has 2 aromatic carbocycles. The van der Waals surface area contributed by atoms with E-state index in [1.54, 1.807) is 0 Å². The molecule has 1 fully saturated rings. The summed E-state index contributed by atoms with van der Waals surface area (Å²) in [6, 6.07) is 13.1. The number of rotatable bonds is 12. The molecule has 5 nitrogen and oxygen atoms in total. The predicted octanol–water partition coefficient (Wildman–Crippen LogP) is 7.12. The van der Waals surface area contributed by atoms with Crippen LogP contribution in [0.2, 0.25) is 0 Å². The van der Waals surface area contributed by atoms with Gasteiger partial charge >= 0.3 is 0 Å². The summed E-state index contributed by atoms with van der Waals surface area (Å²) in [6.07, 6.45) is 4.62. The second-order valence-electron chi connectivity index (χ2n) is 11.5. The molecular weight excluding hydrogens is 464 g/mol. The van der Waals surface area contributed by atoms with Crippen LogP contribution in [0.4, 0.5) is 0 Å². The van der Waals surface area contributed by atoms with E-state index in [2.05, 4.69) is 64.1 Å². The van der Waals surface area contributed by atoms with Crippen molar-refractivity contribution >= 4 is 0 Å². The highest BCUT2D eigenvalue weighted by Gasteiger charge is 2.32. The van der Waals surface area contributed by atoms with E-state index >= 15 is 0 Å². The molecule has 3 rings (SSSR count). The second kappa shape index (κ2) is 13.1. The predicted molar refractivity (Wildman–Crippen MR) is 150 cm³/mol. The molecule has 0 aliphatic carbocycles. The maximum Gasteiger partial charge on any atom is 0.157 e. The Morgan fingerprint density at radius 3 is 1.97 bits per heavy atom. The molecular formula is C32H48O5. The Morgan fingerprint density at radius 2 is 1.49 bits per heavy atom. The third kappa shape index (κ3) is 7.49. The smallest absolute Gasteiger partial charge is 0.157 e. The molecule has 37 heavy (non-hydrogen) atoms. The second-order valence-corrected chi connectivity index (χ2v) is 11.5. The van der Waals surface area contributed by atoms with E-state index in [1.807, 2.05) is 20.8 Å². The molecule has 0 saturated carbocycles. The highest BCUT2D eigenvalue weighted by molar-refractivity contribution is 5.48. The summed E-state index contributed by atoms with van der Waals surface area (Å²) in [5.74, 6) is 1.73. The highest BCUT2D eigenvalue weighted by Crippen LogP contribution is 2.41. The van der Waals surface area contributed by atoms with Crippen molar-refractivity contribution in [3.8, 4) is 11.5 Å². The van der Waals surface area contributed by atoms with Gasteiger partial charge in [0.05, 0.1) is 12.7 Å². The first kappa shape index (κ1) is 29.5. The first-order chi connectivity index (χ1) is 17.6. The fourth-order valence-electron chi connectivity index (χ4n) is 5.04. The molecule has 0 radical (unpaired) electrons. The molecule has 1 N–H and O–H groups in total. The summed E-state index contributed by atoms with van der Waals surface area (Å²) in [6.45, 7) is 16.9. The van der Waals surface area contributed by atoms with Crippen LogP contribution in [-0.2, 0) is 14.9 Å². The Balaban J connectivity index is 1.70. The number of aliphatic hydroxyl groups is 1. The lowest BCUT2D eigenvalue weighted by Crippen LogP contribution is -2.32. The SMILES string of the molecule is CCC(CC)(c1ccc(OCCOC2CCCCO2)c(C)c1)c1ccc(OCC(O)C(C)(C)C)c(C)c1. The van der Waals surface area contributed by atoms with Crippen LogP contribution in [0.1, 0.15) is 89.0 Å². The third-order valence-corrected chi connectivity index (χ3v) is 7.84. The van der Waals surface area contributed by atoms with E-state index in [0.717, 1.165) is 61.3 Å². The summed E-state index contributed by atoms with van der Waals surface area (Å²) in [4.78, 5) is 0. The van der Waals surface area contributed by atoms with Gasteiger partial charge in [-0.15, -0.1) is 0 Å². The van der Waals surface area contributed by atoms with Crippen molar-refractivity contribution in [3.05, 3.63) is 58.7 Å². The van der Waals surface area contributed by atoms with E-state index < -0.39 is 6.10 Å². The van der Waals surface area contributed by atoms with Gasteiger partial charge in [-0.05, 0) is 85.8 Å². The molecule has 0 bridgehead atoms. The molecule has 1 saturated heterocycles. The topological polar surface area (TPSA) is 57.2 Å². The van der Waals surface area contributed by atoms with Crippen LogP contribution < -0.4 is 9.47 Å². The summed E-state index contributed by atoms with van der Waals surface area (Å²) in [5.41, 5.74) is 4.49. The molecule has 1 heterocycles. The Labute approximate surface area is 224 Å². The van der Waals surface area contributed by atoms with Crippen LogP contribution in [0, 0.1) is 19.3 Å². The molecule has 0 amide bonds. The number of ether oxygens (including phenoxy) is 4. The fraction of sp³-hybridized carbons (Fsp3) is 0.625.